The molecule has 0 unspecified atom stereocenters. The van der Waals surface area contributed by atoms with Crippen LogP contribution in [0.15, 0.2) is 52.4 Å². The standard InChI is InChI=1S/C14H13N3OS/c15-7-9-17-13-12(6-3-8-16-13)19-11-5-2-1-4-10(11)14(17)18/h1-6,8H,7,9,15H2. The smallest absolute Gasteiger partial charge is 0.260 e. The summed E-state index contributed by atoms with van der Waals surface area (Å²) in [5.41, 5.74) is 6.33. The number of hydrogen-bond acceptors (Lipinski definition) is 4. The monoisotopic (exact) mass is 271 g/mol. The van der Waals surface area contributed by atoms with Crippen molar-refractivity contribution in [3.8, 4) is 0 Å². The first kappa shape index (κ1) is 12.2. The first-order chi connectivity index (χ1) is 9.31. The third kappa shape index (κ3) is 2.11. The number of hydrogen-bond donors (Lipinski definition) is 1. The molecule has 0 atom stereocenters. The Kier molecular flexibility index (Phi) is 3.23. The Bertz CT molecular complexity index is 630. The van der Waals surface area contributed by atoms with Crippen LogP contribution in [0.25, 0.3) is 0 Å². The van der Waals surface area contributed by atoms with Crippen molar-refractivity contribution in [1.29, 1.82) is 0 Å². The van der Waals surface area contributed by atoms with Gasteiger partial charge in [0, 0.05) is 24.2 Å². The fourth-order valence-electron chi connectivity index (χ4n) is 2.09. The van der Waals surface area contributed by atoms with Crippen LogP contribution in [0.2, 0.25) is 0 Å². The molecule has 1 aliphatic rings. The van der Waals surface area contributed by atoms with E-state index < -0.39 is 0 Å². The highest BCUT2D eigenvalue weighted by molar-refractivity contribution is 7.99. The molecule has 5 heteroatoms. The first-order valence-electron chi connectivity index (χ1n) is 6.05. The molecule has 1 aliphatic heterocycles. The van der Waals surface area contributed by atoms with E-state index in [0.717, 1.165) is 9.79 Å². The van der Waals surface area contributed by atoms with E-state index in [4.69, 9.17) is 5.73 Å². The van der Waals surface area contributed by atoms with E-state index in [0.29, 0.717) is 24.5 Å². The lowest BCUT2D eigenvalue weighted by Crippen LogP contribution is -2.35. The Morgan fingerprint density at radius 3 is 2.79 bits per heavy atom. The Morgan fingerprint density at radius 1 is 1.16 bits per heavy atom. The molecule has 19 heavy (non-hydrogen) atoms. The summed E-state index contributed by atoms with van der Waals surface area (Å²) < 4.78 is 0. The zero-order chi connectivity index (χ0) is 13.2. The van der Waals surface area contributed by atoms with Gasteiger partial charge in [0.05, 0.1) is 10.5 Å². The van der Waals surface area contributed by atoms with Gasteiger partial charge in [-0.3, -0.25) is 9.69 Å². The van der Waals surface area contributed by atoms with Gasteiger partial charge in [-0.15, -0.1) is 0 Å². The van der Waals surface area contributed by atoms with Gasteiger partial charge in [0.2, 0.25) is 0 Å². The van der Waals surface area contributed by atoms with Crippen LogP contribution in [0.5, 0.6) is 0 Å². The number of benzene rings is 1. The molecule has 4 nitrogen and oxygen atoms in total. The second-order valence-corrected chi connectivity index (χ2v) is 5.25. The molecule has 0 aliphatic carbocycles. The van der Waals surface area contributed by atoms with Crippen molar-refractivity contribution >= 4 is 23.5 Å². The molecule has 1 aromatic carbocycles. The summed E-state index contributed by atoms with van der Waals surface area (Å²) in [7, 11) is 0. The van der Waals surface area contributed by atoms with Crippen molar-refractivity contribution < 1.29 is 4.79 Å². The minimum atomic E-state index is -0.0361. The maximum Gasteiger partial charge on any atom is 0.260 e. The largest absolute Gasteiger partial charge is 0.329 e. The van der Waals surface area contributed by atoms with Crippen LogP contribution in [-0.4, -0.2) is 24.0 Å². The van der Waals surface area contributed by atoms with Gasteiger partial charge >= 0.3 is 0 Å². The molecule has 2 N–H and O–H groups in total. The number of nitrogens with two attached hydrogens (primary N) is 1. The number of pyridine rings is 1. The summed E-state index contributed by atoms with van der Waals surface area (Å²) >= 11 is 1.57. The minimum absolute atomic E-state index is 0.0361. The van der Waals surface area contributed by atoms with Crippen LogP contribution in [-0.2, 0) is 0 Å². The molecular formula is C14H13N3OS. The van der Waals surface area contributed by atoms with Crippen LogP contribution in [0.1, 0.15) is 10.4 Å². The van der Waals surface area contributed by atoms with Gasteiger partial charge in [-0.05, 0) is 24.3 Å². The van der Waals surface area contributed by atoms with Crippen LogP contribution in [0.3, 0.4) is 0 Å². The number of amides is 1. The zero-order valence-electron chi connectivity index (χ0n) is 10.2. The quantitative estimate of drug-likeness (QED) is 0.909. The molecule has 1 aromatic heterocycles. The van der Waals surface area contributed by atoms with E-state index in [-0.39, 0.29) is 5.91 Å². The van der Waals surface area contributed by atoms with E-state index in [9.17, 15) is 4.79 Å². The number of carbonyl (C=O) groups excluding carboxylic acids is 1. The van der Waals surface area contributed by atoms with Gasteiger partial charge in [0.25, 0.3) is 5.91 Å². The molecule has 0 radical (unpaired) electrons. The first-order valence-corrected chi connectivity index (χ1v) is 6.87. The highest BCUT2D eigenvalue weighted by atomic mass is 32.2. The van der Waals surface area contributed by atoms with E-state index in [1.54, 1.807) is 22.9 Å². The van der Waals surface area contributed by atoms with Gasteiger partial charge in [0.15, 0.2) is 0 Å². The average Bonchev–Trinajstić information content (AvgIpc) is 2.56. The lowest BCUT2D eigenvalue weighted by atomic mass is 10.2. The van der Waals surface area contributed by atoms with Crippen LogP contribution in [0, 0.1) is 0 Å². The predicted octanol–water partition coefficient (Wildman–Crippen LogP) is 2.15. The fraction of sp³-hybridized carbons (Fsp3) is 0.143. The summed E-state index contributed by atoms with van der Waals surface area (Å²) in [5, 5.41) is 0. The molecule has 96 valence electrons. The topological polar surface area (TPSA) is 59.2 Å². The summed E-state index contributed by atoms with van der Waals surface area (Å²) in [6, 6.07) is 11.5. The van der Waals surface area contributed by atoms with Gasteiger partial charge < -0.3 is 5.73 Å². The molecule has 0 fully saturated rings. The number of fused-ring (bicyclic) bond motifs is 2. The van der Waals surface area contributed by atoms with E-state index >= 15 is 0 Å². The van der Waals surface area contributed by atoms with Crippen molar-refractivity contribution in [2.24, 2.45) is 5.73 Å². The SMILES string of the molecule is NCCN1C(=O)c2ccccc2Sc2cccnc21. The molecule has 0 bridgehead atoms. The summed E-state index contributed by atoms with van der Waals surface area (Å²) in [6.45, 7) is 0.881. The fourth-order valence-corrected chi connectivity index (χ4v) is 3.14. The second-order valence-electron chi connectivity index (χ2n) is 4.17. The van der Waals surface area contributed by atoms with Crippen molar-refractivity contribution in [2.45, 2.75) is 9.79 Å². The van der Waals surface area contributed by atoms with Crippen LogP contribution in [0.4, 0.5) is 5.82 Å². The van der Waals surface area contributed by atoms with Crippen molar-refractivity contribution in [3.63, 3.8) is 0 Å². The maximum absolute atomic E-state index is 12.6. The van der Waals surface area contributed by atoms with Gasteiger partial charge in [-0.25, -0.2) is 4.98 Å². The number of nitrogens with zero attached hydrogens (tertiary/aromatic N) is 2. The Balaban J connectivity index is 2.18. The lowest BCUT2D eigenvalue weighted by Gasteiger charge is -2.20. The summed E-state index contributed by atoms with van der Waals surface area (Å²) in [4.78, 5) is 20.5. The second kappa shape index (κ2) is 5.03. The van der Waals surface area contributed by atoms with Crippen LogP contribution < -0.4 is 10.6 Å². The van der Waals surface area contributed by atoms with Gasteiger partial charge in [-0.1, -0.05) is 23.9 Å². The molecule has 3 rings (SSSR count). The van der Waals surface area contributed by atoms with Crippen molar-refractivity contribution in [2.75, 3.05) is 18.0 Å². The third-order valence-electron chi connectivity index (χ3n) is 2.94. The highest BCUT2D eigenvalue weighted by Crippen LogP contribution is 2.39. The van der Waals surface area contributed by atoms with Gasteiger partial charge in [-0.2, -0.15) is 0 Å². The zero-order valence-corrected chi connectivity index (χ0v) is 11.1. The summed E-state index contributed by atoms with van der Waals surface area (Å²) in [5.74, 6) is 0.658. The molecule has 0 saturated carbocycles. The lowest BCUT2D eigenvalue weighted by molar-refractivity contribution is 0.0984. The van der Waals surface area contributed by atoms with E-state index in [1.165, 1.54) is 0 Å². The van der Waals surface area contributed by atoms with E-state index in [1.807, 2.05) is 36.4 Å². The number of rotatable bonds is 2. The van der Waals surface area contributed by atoms with Crippen molar-refractivity contribution in [3.05, 3.63) is 48.2 Å². The highest BCUT2D eigenvalue weighted by Gasteiger charge is 2.27. The van der Waals surface area contributed by atoms with E-state index in [2.05, 4.69) is 4.98 Å². The Labute approximate surface area is 115 Å². The molecular weight excluding hydrogens is 258 g/mol. The normalized spacial score (nSPS) is 13.7. The maximum atomic E-state index is 12.6. The third-order valence-corrected chi connectivity index (χ3v) is 4.06. The van der Waals surface area contributed by atoms with Gasteiger partial charge in [0.1, 0.15) is 5.82 Å². The average molecular weight is 271 g/mol. The molecule has 1 amide bonds. The minimum Gasteiger partial charge on any atom is -0.329 e. The predicted molar refractivity (Wildman–Crippen MR) is 75.5 cm³/mol. The van der Waals surface area contributed by atoms with Crippen LogP contribution >= 0.6 is 11.8 Å². The molecule has 0 spiro atoms. The Morgan fingerprint density at radius 2 is 1.95 bits per heavy atom. The molecule has 2 aromatic rings. The number of aromatic nitrogens is 1. The number of carbonyl (C=O) groups is 1. The Hall–Kier alpha value is -1.85. The van der Waals surface area contributed by atoms with Crippen molar-refractivity contribution in [1.82, 2.24) is 4.98 Å². The molecule has 0 saturated heterocycles. The summed E-state index contributed by atoms with van der Waals surface area (Å²) in [6.07, 6.45) is 1.70. The molecule has 2 heterocycles. The number of anilines is 1.